The van der Waals surface area contributed by atoms with Gasteiger partial charge in [0.25, 0.3) is 0 Å². The van der Waals surface area contributed by atoms with E-state index in [1.54, 1.807) is 18.5 Å². The van der Waals surface area contributed by atoms with Crippen molar-refractivity contribution in [3.63, 3.8) is 0 Å². The van der Waals surface area contributed by atoms with Crippen molar-refractivity contribution in [2.24, 2.45) is 0 Å². The predicted molar refractivity (Wildman–Crippen MR) is 75.3 cm³/mol. The highest BCUT2D eigenvalue weighted by molar-refractivity contribution is 6.48. The summed E-state index contributed by atoms with van der Waals surface area (Å²) in [5, 5.41) is 9.13. The molecule has 0 spiro atoms. The first-order valence-corrected chi connectivity index (χ1v) is 6.70. The van der Waals surface area contributed by atoms with Gasteiger partial charge in [0.2, 0.25) is 0 Å². The average Bonchev–Trinajstić information content (AvgIpc) is 2.56. The fourth-order valence-electron chi connectivity index (χ4n) is 2.21. The summed E-state index contributed by atoms with van der Waals surface area (Å²) in [6.45, 7) is 7.81. The third-order valence-electron chi connectivity index (χ3n) is 4.11. The molecule has 20 heavy (non-hydrogen) atoms. The van der Waals surface area contributed by atoms with Crippen molar-refractivity contribution in [3.8, 4) is 0 Å². The van der Waals surface area contributed by atoms with Gasteiger partial charge < -0.3 is 14.4 Å². The molecule has 1 aromatic rings. The van der Waals surface area contributed by atoms with E-state index in [1.165, 1.54) is 0 Å². The van der Waals surface area contributed by atoms with Crippen molar-refractivity contribution in [1.29, 1.82) is 0 Å². The molecule has 1 fully saturated rings. The van der Waals surface area contributed by atoms with E-state index in [9.17, 15) is 4.79 Å². The minimum Gasteiger partial charge on any atom is -0.481 e. The van der Waals surface area contributed by atoms with Gasteiger partial charge in [-0.1, -0.05) is 6.07 Å². The molecule has 0 radical (unpaired) electrons. The molecule has 1 aromatic heterocycles. The Morgan fingerprint density at radius 2 is 1.95 bits per heavy atom. The molecule has 5 nitrogen and oxygen atoms in total. The van der Waals surface area contributed by atoms with Crippen LogP contribution >= 0.6 is 0 Å². The van der Waals surface area contributed by atoms with Crippen LogP contribution in [0.25, 0.3) is 0 Å². The zero-order valence-electron chi connectivity index (χ0n) is 12.3. The van der Waals surface area contributed by atoms with Gasteiger partial charge in [-0.05, 0) is 39.3 Å². The first-order valence-electron chi connectivity index (χ1n) is 6.70. The van der Waals surface area contributed by atoms with Crippen molar-refractivity contribution in [3.05, 3.63) is 30.1 Å². The van der Waals surface area contributed by atoms with Gasteiger partial charge in [-0.25, -0.2) is 0 Å². The Bertz CT molecular complexity index is 473. The van der Waals surface area contributed by atoms with Gasteiger partial charge in [0, 0.05) is 18.2 Å². The van der Waals surface area contributed by atoms with Crippen LogP contribution in [0.1, 0.15) is 45.5 Å². The van der Waals surface area contributed by atoms with E-state index < -0.39 is 24.3 Å². The van der Waals surface area contributed by atoms with E-state index in [2.05, 4.69) is 4.98 Å². The molecule has 1 unspecified atom stereocenters. The van der Waals surface area contributed by atoms with Crippen molar-refractivity contribution in [2.75, 3.05) is 0 Å². The van der Waals surface area contributed by atoms with Crippen molar-refractivity contribution in [1.82, 2.24) is 4.98 Å². The topological polar surface area (TPSA) is 68.7 Å². The summed E-state index contributed by atoms with van der Waals surface area (Å²) in [6, 6.07) is 3.64. The van der Waals surface area contributed by atoms with Crippen LogP contribution in [0.5, 0.6) is 0 Å². The van der Waals surface area contributed by atoms with Crippen LogP contribution in [0.3, 0.4) is 0 Å². The Morgan fingerprint density at radius 1 is 1.35 bits per heavy atom. The monoisotopic (exact) mass is 277 g/mol. The first-order chi connectivity index (χ1) is 9.23. The van der Waals surface area contributed by atoms with Crippen LogP contribution < -0.4 is 0 Å². The van der Waals surface area contributed by atoms with E-state index in [1.807, 2.05) is 33.8 Å². The highest BCUT2D eigenvalue weighted by atomic mass is 16.7. The van der Waals surface area contributed by atoms with E-state index in [-0.39, 0.29) is 12.2 Å². The lowest BCUT2D eigenvalue weighted by molar-refractivity contribution is -0.137. The second kappa shape index (κ2) is 5.18. The Labute approximate surface area is 119 Å². The Morgan fingerprint density at radius 3 is 2.40 bits per heavy atom. The highest BCUT2D eigenvalue weighted by Crippen LogP contribution is 2.41. The van der Waals surface area contributed by atoms with Gasteiger partial charge in [-0.2, -0.15) is 0 Å². The van der Waals surface area contributed by atoms with Gasteiger partial charge in [-0.15, -0.1) is 0 Å². The van der Waals surface area contributed by atoms with Gasteiger partial charge in [-0.3, -0.25) is 9.78 Å². The lowest BCUT2D eigenvalue weighted by Gasteiger charge is -2.32. The zero-order valence-corrected chi connectivity index (χ0v) is 12.3. The molecule has 1 aliphatic rings. The molecule has 1 N–H and O–H groups in total. The number of aliphatic carboxylic acids is 1. The summed E-state index contributed by atoms with van der Waals surface area (Å²) in [7, 11) is -0.583. The fourth-order valence-corrected chi connectivity index (χ4v) is 2.21. The summed E-state index contributed by atoms with van der Waals surface area (Å²) in [4.78, 5) is 15.2. The van der Waals surface area contributed by atoms with E-state index in [0.29, 0.717) is 0 Å². The number of carbonyl (C=O) groups is 1. The molecule has 1 aliphatic heterocycles. The largest absolute Gasteiger partial charge is 0.481 e. The van der Waals surface area contributed by atoms with Crippen molar-refractivity contribution < 1.29 is 19.2 Å². The maximum atomic E-state index is 11.1. The Kier molecular flexibility index (Phi) is 3.89. The van der Waals surface area contributed by atoms with Gasteiger partial charge >= 0.3 is 13.1 Å². The number of pyridine rings is 1. The van der Waals surface area contributed by atoms with Crippen molar-refractivity contribution in [2.45, 2.75) is 51.1 Å². The summed E-state index contributed by atoms with van der Waals surface area (Å²) in [5.41, 5.74) is -0.138. The quantitative estimate of drug-likeness (QED) is 0.855. The van der Waals surface area contributed by atoms with Gasteiger partial charge in [0.05, 0.1) is 17.6 Å². The fraction of sp³-hybridized carbons (Fsp3) is 0.571. The summed E-state index contributed by atoms with van der Waals surface area (Å²) >= 11 is 0. The molecule has 1 atom stereocenters. The van der Waals surface area contributed by atoms with Gasteiger partial charge in [0.1, 0.15) is 0 Å². The molecule has 108 valence electrons. The van der Waals surface area contributed by atoms with Crippen LogP contribution in [0, 0.1) is 0 Å². The number of carboxylic acids is 1. The molecule has 0 aliphatic carbocycles. The van der Waals surface area contributed by atoms with Crippen LogP contribution in [-0.2, 0) is 14.1 Å². The molecule has 2 heterocycles. The number of hydrogen-bond acceptors (Lipinski definition) is 4. The number of hydrogen-bond donors (Lipinski definition) is 1. The van der Waals surface area contributed by atoms with Gasteiger partial charge in [0.15, 0.2) is 0 Å². The van der Waals surface area contributed by atoms with Crippen LogP contribution in [0.2, 0.25) is 0 Å². The smallest absolute Gasteiger partial charge is 0.466 e. The second-order valence-corrected chi connectivity index (χ2v) is 6.12. The Balaban J connectivity index is 2.28. The number of rotatable bonds is 4. The predicted octanol–water partition coefficient (Wildman–Crippen LogP) is 2.27. The molecular weight excluding hydrogens is 257 g/mol. The lowest BCUT2D eigenvalue weighted by Crippen LogP contribution is -2.41. The number of carboxylic acid groups (broad SMARTS) is 1. The minimum absolute atomic E-state index is 0.0531. The van der Waals surface area contributed by atoms with E-state index >= 15 is 0 Å². The van der Waals surface area contributed by atoms with Crippen LogP contribution in [0.15, 0.2) is 24.5 Å². The van der Waals surface area contributed by atoms with E-state index in [0.717, 1.165) is 5.56 Å². The molecule has 6 heteroatoms. The normalized spacial score (nSPS) is 21.7. The molecule has 0 aromatic carbocycles. The average molecular weight is 277 g/mol. The molecular formula is C14H20BNO4. The SMILES string of the molecule is CC1(C)OB(C(CC(=O)O)c2cccnc2)OC1(C)C. The molecule has 2 rings (SSSR count). The Hall–Kier alpha value is -1.40. The van der Waals surface area contributed by atoms with Crippen LogP contribution in [-0.4, -0.2) is 34.4 Å². The lowest BCUT2D eigenvalue weighted by atomic mass is 9.66. The molecule has 1 saturated heterocycles. The minimum atomic E-state index is -0.881. The van der Waals surface area contributed by atoms with Crippen LogP contribution in [0.4, 0.5) is 0 Å². The third kappa shape index (κ3) is 2.86. The first kappa shape index (κ1) is 15.0. The third-order valence-corrected chi connectivity index (χ3v) is 4.11. The molecule has 0 saturated carbocycles. The zero-order chi connectivity index (χ0) is 15.0. The summed E-state index contributed by atoms with van der Waals surface area (Å²) < 4.78 is 11.9. The summed E-state index contributed by atoms with van der Waals surface area (Å²) in [5.74, 6) is -1.25. The second-order valence-electron chi connectivity index (χ2n) is 6.12. The number of aromatic nitrogens is 1. The molecule has 0 amide bonds. The van der Waals surface area contributed by atoms with Crippen molar-refractivity contribution >= 4 is 13.1 Å². The number of nitrogens with zero attached hydrogens (tertiary/aromatic N) is 1. The summed E-state index contributed by atoms with van der Waals surface area (Å²) in [6.07, 6.45) is 3.27. The standard InChI is InChI=1S/C14H20BNO4/c1-13(2)14(3,4)20-15(19-13)11(8-12(17)18)10-6-5-7-16-9-10/h5-7,9,11H,8H2,1-4H3,(H,17,18). The maximum absolute atomic E-state index is 11.1. The molecule has 0 bridgehead atoms. The van der Waals surface area contributed by atoms with E-state index in [4.69, 9.17) is 14.4 Å². The maximum Gasteiger partial charge on any atom is 0.466 e. The highest BCUT2D eigenvalue weighted by Gasteiger charge is 2.54.